The number of methoxy groups -OCH3 is 2. The summed E-state index contributed by atoms with van der Waals surface area (Å²) in [5.74, 6) is 0.0171. The second-order valence-corrected chi connectivity index (χ2v) is 8.26. The molecular formula is C22H28N4O3S. The molecule has 3 aromatic rings. The number of carbonyl (C=O) groups excluding carboxylic acids is 1. The van der Waals surface area contributed by atoms with E-state index in [1.54, 1.807) is 14.2 Å². The van der Waals surface area contributed by atoms with Crippen molar-refractivity contribution in [2.75, 3.05) is 60.2 Å². The smallest absolute Gasteiger partial charge is 0.273 e. The molecule has 0 saturated carbocycles. The zero-order chi connectivity index (χ0) is 20.9. The van der Waals surface area contributed by atoms with E-state index in [9.17, 15) is 4.79 Å². The molecular weight excluding hydrogens is 400 g/mol. The summed E-state index contributed by atoms with van der Waals surface area (Å²) < 4.78 is 12.7. The van der Waals surface area contributed by atoms with Crippen LogP contribution in [0.2, 0.25) is 0 Å². The van der Waals surface area contributed by atoms with Crippen molar-refractivity contribution in [2.24, 2.45) is 0 Å². The molecule has 0 atom stereocenters. The maximum Gasteiger partial charge on any atom is 0.273 e. The highest BCUT2D eigenvalue weighted by Gasteiger charge is 2.24. The van der Waals surface area contributed by atoms with Crippen molar-refractivity contribution in [3.05, 3.63) is 41.4 Å². The highest BCUT2D eigenvalue weighted by molar-refractivity contribution is 7.13. The van der Waals surface area contributed by atoms with E-state index in [-0.39, 0.29) is 5.91 Å². The minimum absolute atomic E-state index is 0.0171. The summed E-state index contributed by atoms with van der Waals surface area (Å²) >= 11 is 1.52. The number of benzene rings is 1. The minimum Gasteiger partial charge on any atom is -0.383 e. The summed E-state index contributed by atoms with van der Waals surface area (Å²) in [6.45, 7) is 6.19. The lowest BCUT2D eigenvalue weighted by Gasteiger charge is -2.34. The van der Waals surface area contributed by atoms with Gasteiger partial charge in [0.2, 0.25) is 0 Å². The van der Waals surface area contributed by atoms with Crippen LogP contribution in [0, 0.1) is 0 Å². The van der Waals surface area contributed by atoms with Gasteiger partial charge in [-0.2, -0.15) is 0 Å². The monoisotopic (exact) mass is 428 g/mol. The molecule has 3 heterocycles. The zero-order valence-corrected chi connectivity index (χ0v) is 18.4. The third-order valence-electron chi connectivity index (χ3n) is 5.54. The highest BCUT2D eigenvalue weighted by atomic mass is 32.1. The van der Waals surface area contributed by atoms with Gasteiger partial charge in [0.05, 0.1) is 18.9 Å². The largest absolute Gasteiger partial charge is 0.383 e. The molecule has 0 bridgehead atoms. The Balaban J connectivity index is 1.51. The third kappa shape index (κ3) is 4.41. The molecule has 4 rings (SSSR count). The van der Waals surface area contributed by atoms with Gasteiger partial charge in [-0.05, 0) is 12.1 Å². The minimum atomic E-state index is 0.0171. The average molecular weight is 429 g/mol. The molecule has 0 radical (unpaired) electrons. The zero-order valence-electron chi connectivity index (χ0n) is 17.5. The first kappa shape index (κ1) is 21.0. The molecule has 1 fully saturated rings. The van der Waals surface area contributed by atoms with Gasteiger partial charge >= 0.3 is 0 Å². The van der Waals surface area contributed by atoms with E-state index in [0.29, 0.717) is 12.3 Å². The number of hydrogen-bond donors (Lipinski definition) is 0. The third-order valence-corrected chi connectivity index (χ3v) is 6.41. The Kier molecular flexibility index (Phi) is 6.79. The quantitative estimate of drug-likeness (QED) is 0.552. The van der Waals surface area contributed by atoms with Crippen LogP contribution in [0.15, 0.2) is 35.7 Å². The molecule has 2 aromatic heterocycles. The van der Waals surface area contributed by atoms with Crippen LogP contribution in [-0.4, -0.2) is 85.4 Å². The van der Waals surface area contributed by atoms with Crippen LogP contribution < -0.4 is 0 Å². The lowest BCUT2D eigenvalue weighted by molar-refractivity contribution is 0.0589. The van der Waals surface area contributed by atoms with Gasteiger partial charge in [0, 0.05) is 69.8 Å². The molecule has 8 heteroatoms. The summed E-state index contributed by atoms with van der Waals surface area (Å²) in [5, 5.41) is 3.91. The molecule has 1 saturated heterocycles. The van der Waals surface area contributed by atoms with Gasteiger partial charge in [0.25, 0.3) is 5.91 Å². The SMILES string of the molecule is COCCN1CCN(C(=O)c2csc(-c3cc4ccccc4n3CCOC)n2)CC1. The van der Waals surface area contributed by atoms with Gasteiger partial charge in [-0.3, -0.25) is 9.69 Å². The van der Waals surface area contributed by atoms with Crippen LogP contribution in [0.25, 0.3) is 21.6 Å². The molecule has 0 N–H and O–H groups in total. The first-order valence-electron chi connectivity index (χ1n) is 10.2. The topological polar surface area (TPSA) is 59.8 Å². The Morgan fingerprint density at radius 3 is 2.57 bits per heavy atom. The van der Waals surface area contributed by atoms with E-state index in [0.717, 1.165) is 62.1 Å². The summed E-state index contributed by atoms with van der Waals surface area (Å²) in [6.07, 6.45) is 0. The van der Waals surface area contributed by atoms with Crippen molar-refractivity contribution in [1.29, 1.82) is 0 Å². The van der Waals surface area contributed by atoms with Gasteiger partial charge in [0.15, 0.2) is 0 Å². The number of amides is 1. The van der Waals surface area contributed by atoms with Crippen molar-refractivity contribution in [3.63, 3.8) is 0 Å². The number of nitrogens with zero attached hydrogens (tertiary/aromatic N) is 4. The summed E-state index contributed by atoms with van der Waals surface area (Å²) in [6, 6.07) is 10.4. The number of fused-ring (bicyclic) bond motifs is 1. The number of hydrogen-bond acceptors (Lipinski definition) is 6. The van der Waals surface area contributed by atoms with E-state index in [4.69, 9.17) is 14.5 Å². The number of para-hydroxylation sites is 1. The predicted molar refractivity (Wildman–Crippen MR) is 119 cm³/mol. The second kappa shape index (κ2) is 9.70. The molecule has 160 valence electrons. The van der Waals surface area contributed by atoms with Gasteiger partial charge in [-0.25, -0.2) is 4.98 Å². The number of carbonyl (C=O) groups is 1. The average Bonchev–Trinajstić information content (AvgIpc) is 3.41. The number of thiazole rings is 1. The maximum atomic E-state index is 13.0. The molecule has 7 nitrogen and oxygen atoms in total. The standard InChI is InChI=1S/C22H28N4O3S/c1-28-13-11-24-7-9-25(10-8-24)22(27)18-16-30-21(23-18)20-15-17-5-3-4-6-19(17)26(20)12-14-29-2/h3-6,15-16H,7-14H2,1-2H3. The molecule has 1 aromatic carbocycles. The van der Waals surface area contributed by atoms with Gasteiger partial charge < -0.3 is 18.9 Å². The Hall–Kier alpha value is -2.26. The molecule has 30 heavy (non-hydrogen) atoms. The van der Waals surface area contributed by atoms with E-state index in [2.05, 4.69) is 27.7 Å². The number of ether oxygens (including phenoxy) is 2. The van der Waals surface area contributed by atoms with E-state index in [1.165, 1.54) is 16.7 Å². The maximum absolute atomic E-state index is 13.0. The lowest BCUT2D eigenvalue weighted by atomic mass is 10.2. The van der Waals surface area contributed by atoms with Gasteiger partial charge in [0.1, 0.15) is 10.7 Å². The second-order valence-electron chi connectivity index (χ2n) is 7.40. The summed E-state index contributed by atoms with van der Waals surface area (Å²) in [4.78, 5) is 21.9. The van der Waals surface area contributed by atoms with E-state index < -0.39 is 0 Å². The van der Waals surface area contributed by atoms with Crippen molar-refractivity contribution < 1.29 is 14.3 Å². The van der Waals surface area contributed by atoms with Crippen molar-refractivity contribution >= 4 is 28.1 Å². The molecule has 1 aliphatic heterocycles. The molecule has 0 unspecified atom stereocenters. The predicted octanol–water partition coefficient (Wildman–Crippen LogP) is 2.82. The van der Waals surface area contributed by atoms with E-state index in [1.807, 2.05) is 22.4 Å². The Morgan fingerprint density at radius 1 is 1.07 bits per heavy atom. The Bertz CT molecular complexity index is 991. The number of rotatable bonds is 8. The summed E-state index contributed by atoms with van der Waals surface area (Å²) in [7, 11) is 3.43. The van der Waals surface area contributed by atoms with Crippen LogP contribution in [0.1, 0.15) is 10.5 Å². The van der Waals surface area contributed by atoms with Crippen molar-refractivity contribution in [3.8, 4) is 10.7 Å². The molecule has 1 aliphatic rings. The van der Waals surface area contributed by atoms with Crippen molar-refractivity contribution in [2.45, 2.75) is 6.54 Å². The number of piperazine rings is 1. The number of aromatic nitrogens is 2. The van der Waals surface area contributed by atoms with Crippen LogP contribution in [0.3, 0.4) is 0 Å². The normalized spacial score (nSPS) is 15.2. The van der Waals surface area contributed by atoms with Gasteiger partial charge in [-0.1, -0.05) is 18.2 Å². The first-order chi connectivity index (χ1) is 14.7. The fourth-order valence-electron chi connectivity index (χ4n) is 3.86. The van der Waals surface area contributed by atoms with Crippen LogP contribution >= 0.6 is 11.3 Å². The Morgan fingerprint density at radius 2 is 1.80 bits per heavy atom. The van der Waals surface area contributed by atoms with Crippen LogP contribution in [0.5, 0.6) is 0 Å². The first-order valence-corrected chi connectivity index (χ1v) is 11.1. The highest BCUT2D eigenvalue weighted by Crippen LogP contribution is 2.31. The van der Waals surface area contributed by atoms with E-state index >= 15 is 0 Å². The fourth-order valence-corrected chi connectivity index (χ4v) is 4.68. The fraction of sp³-hybridized carbons (Fsp3) is 0.455. The lowest BCUT2D eigenvalue weighted by Crippen LogP contribution is -2.49. The molecule has 0 aliphatic carbocycles. The van der Waals surface area contributed by atoms with Crippen LogP contribution in [-0.2, 0) is 16.0 Å². The Labute approximate surface area is 180 Å². The molecule has 1 amide bonds. The van der Waals surface area contributed by atoms with Gasteiger partial charge in [-0.15, -0.1) is 11.3 Å². The molecule has 0 spiro atoms. The van der Waals surface area contributed by atoms with Crippen LogP contribution in [0.4, 0.5) is 0 Å². The summed E-state index contributed by atoms with van der Waals surface area (Å²) in [5.41, 5.74) is 2.71. The van der Waals surface area contributed by atoms with Crippen molar-refractivity contribution in [1.82, 2.24) is 19.4 Å².